The number of hydrogen-bond acceptors (Lipinski definition) is 3. The molecule has 0 aromatic heterocycles. The van der Waals surface area contributed by atoms with Crippen LogP contribution in [0.4, 0.5) is 0 Å². The van der Waals surface area contributed by atoms with Gasteiger partial charge in [-0.1, -0.05) is 13.8 Å². The highest BCUT2D eigenvalue weighted by Gasteiger charge is 2.27. The molecule has 1 fully saturated rings. The summed E-state index contributed by atoms with van der Waals surface area (Å²) in [6.07, 6.45) is 0.870. The molecule has 1 heterocycles. The predicted octanol–water partition coefficient (Wildman–Crippen LogP) is 1.61. The van der Waals surface area contributed by atoms with Gasteiger partial charge >= 0.3 is 0 Å². The molecule has 0 unspecified atom stereocenters. The van der Waals surface area contributed by atoms with E-state index in [1.54, 1.807) is 0 Å². The monoisotopic (exact) mass is 174 g/mol. The van der Waals surface area contributed by atoms with Crippen molar-refractivity contribution in [3.63, 3.8) is 0 Å². The normalized spacial score (nSPS) is 22.3. The summed E-state index contributed by atoms with van der Waals surface area (Å²) in [5.41, 5.74) is 0. The van der Waals surface area contributed by atoms with Gasteiger partial charge in [0.1, 0.15) is 6.29 Å². The second kappa shape index (κ2) is 5.27. The van der Waals surface area contributed by atoms with E-state index in [0.29, 0.717) is 13.2 Å². The van der Waals surface area contributed by atoms with Gasteiger partial charge in [-0.2, -0.15) is 0 Å². The van der Waals surface area contributed by atoms with E-state index < -0.39 is 5.79 Å². The van der Waals surface area contributed by atoms with Crippen molar-refractivity contribution in [2.75, 3.05) is 13.2 Å². The standard InChI is InChI=1S/C7H12O3.C2H6/c1-7(2)9-4-6(3-8)5-10-7;1-2/h3,6H,4-5H2,1-2H3;1-2H3. The maximum Gasteiger partial charge on any atom is 0.162 e. The molecule has 1 aliphatic rings. The first-order valence-electron chi connectivity index (χ1n) is 4.37. The van der Waals surface area contributed by atoms with Crippen molar-refractivity contribution in [2.45, 2.75) is 33.5 Å². The molecule has 0 bridgehead atoms. The van der Waals surface area contributed by atoms with E-state index in [1.165, 1.54) is 0 Å². The van der Waals surface area contributed by atoms with E-state index >= 15 is 0 Å². The second-order valence-corrected chi connectivity index (χ2v) is 2.92. The second-order valence-electron chi connectivity index (χ2n) is 2.92. The highest BCUT2D eigenvalue weighted by molar-refractivity contribution is 5.53. The summed E-state index contributed by atoms with van der Waals surface area (Å²) in [7, 11) is 0. The summed E-state index contributed by atoms with van der Waals surface area (Å²) in [5, 5.41) is 0. The molecule has 1 rings (SSSR count). The van der Waals surface area contributed by atoms with Gasteiger partial charge in [-0.3, -0.25) is 0 Å². The van der Waals surface area contributed by atoms with Gasteiger partial charge in [0.05, 0.1) is 19.1 Å². The van der Waals surface area contributed by atoms with Crippen molar-refractivity contribution >= 4 is 6.29 Å². The van der Waals surface area contributed by atoms with Crippen molar-refractivity contribution in [3.8, 4) is 0 Å². The van der Waals surface area contributed by atoms with Crippen LogP contribution in [-0.4, -0.2) is 25.3 Å². The summed E-state index contributed by atoms with van der Waals surface area (Å²) in [6, 6.07) is 0. The Hall–Kier alpha value is -0.410. The van der Waals surface area contributed by atoms with E-state index in [-0.39, 0.29) is 5.92 Å². The number of hydrogen-bond donors (Lipinski definition) is 0. The highest BCUT2D eigenvalue weighted by atomic mass is 16.7. The van der Waals surface area contributed by atoms with Crippen LogP contribution in [-0.2, 0) is 14.3 Å². The zero-order valence-corrected chi connectivity index (χ0v) is 8.29. The Morgan fingerprint density at radius 2 is 1.67 bits per heavy atom. The van der Waals surface area contributed by atoms with Gasteiger partial charge < -0.3 is 14.3 Å². The Balaban J connectivity index is 0.000000561. The summed E-state index contributed by atoms with van der Waals surface area (Å²) >= 11 is 0. The molecule has 0 amide bonds. The molecule has 12 heavy (non-hydrogen) atoms. The summed E-state index contributed by atoms with van der Waals surface area (Å²) in [4.78, 5) is 10.2. The van der Waals surface area contributed by atoms with E-state index in [4.69, 9.17) is 9.47 Å². The molecule has 72 valence electrons. The fourth-order valence-electron chi connectivity index (χ4n) is 0.784. The third kappa shape index (κ3) is 3.83. The SMILES string of the molecule is CC.CC1(C)OCC(C=O)CO1. The minimum absolute atomic E-state index is 0.0759. The first kappa shape index (κ1) is 11.6. The Bertz CT molecular complexity index is 122. The molecule has 1 aliphatic heterocycles. The predicted molar refractivity (Wildman–Crippen MR) is 46.9 cm³/mol. The molecule has 0 radical (unpaired) electrons. The summed E-state index contributed by atoms with van der Waals surface area (Å²) < 4.78 is 10.4. The van der Waals surface area contributed by atoms with Crippen molar-refractivity contribution < 1.29 is 14.3 Å². The fourth-order valence-corrected chi connectivity index (χ4v) is 0.784. The molecule has 1 saturated heterocycles. The zero-order valence-electron chi connectivity index (χ0n) is 8.29. The first-order chi connectivity index (χ1) is 5.64. The van der Waals surface area contributed by atoms with Crippen molar-refractivity contribution in [1.82, 2.24) is 0 Å². The van der Waals surface area contributed by atoms with Crippen LogP contribution in [0.1, 0.15) is 27.7 Å². The molecule has 3 nitrogen and oxygen atoms in total. The van der Waals surface area contributed by atoms with Crippen LogP contribution in [0.25, 0.3) is 0 Å². The molecule has 0 spiro atoms. The van der Waals surface area contributed by atoms with Gasteiger partial charge in [0, 0.05) is 0 Å². The molecule has 0 aromatic carbocycles. The molecule has 3 heteroatoms. The van der Waals surface area contributed by atoms with Crippen LogP contribution in [0.3, 0.4) is 0 Å². The van der Waals surface area contributed by atoms with Crippen molar-refractivity contribution in [3.05, 3.63) is 0 Å². The largest absolute Gasteiger partial charge is 0.350 e. The molecular weight excluding hydrogens is 156 g/mol. The fraction of sp³-hybridized carbons (Fsp3) is 0.889. The van der Waals surface area contributed by atoms with Gasteiger partial charge in [-0.05, 0) is 13.8 Å². The lowest BCUT2D eigenvalue weighted by molar-refractivity contribution is -0.256. The number of ether oxygens (including phenoxy) is 2. The summed E-state index contributed by atoms with van der Waals surface area (Å²) in [6.45, 7) is 8.65. The Morgan fingerprint density at radius 1 is 1.25 bits per heavy atom. The third-order valence-corrected chi connectivity index (χ3v) is 1.48. The molecule has 0 aliphatic carbocycles. The minimum Gasteiger partial charge on any atom is -0.350 e. The van der Waals surface area contributed by atoms with Crippen molar-refractivity contribution in [2.24, 2.45) is 5.92 Å². The van der Waals surface area contributed by atoms with E-state index in [0.717, 1.165) is 6.29 Å². The van der Waals surface area contributed by atoms with Gasteiger partial charge in [-0.25, -0.2) is 0 Å². The minimum atomic E-state index is -0.500. The average molecular weight is 174 g/mol. The molecule has 0 saturated carbocycles. The zero-order chi connectivity index (χ0) is 9.61. The smallest absolute Gasteiger partial charge is 0.162 e. The van der Waals surface area contributed by atoms with Gasteiger partial charge in [-0.15, -0.1) is 0 Å². The maximum absolute atomic E-state index is 10.2. The highest BCUT2D eigenvalue weighted by Crippen LogP contribution is 2.18. The molecular formula is C9H18O3. The molecule has 0 N–H and O–H groups in total. The molecule has 0 aromatic rings. The van der Waals surface area contributed by atoms with Gasteiger partial charge in [0.25, 0.3) is 0 Å². The maximum atomic E-state index is 10.2. The number of rotatable bonds is 1. The van der Waals surface area contributed by atoms with Crippen LogP contribution in [0.15, 0.2) is 0 Å². The van der Waals surface area contributed by atoms with Crippen LogP contribution >= 0.6 is 0 Å². The third-order valence-electron chi connectivity index (χ3n) is 1.48. The van der Waals surface area contributed by atoms with Crippen LogP contribution in [0, 0.1) is 5.92 Å². The number of aldehydes is 1. The van der Waals surface area contributed by atoms with E-state index in [1.807, 2.05) is 27.7 Å². The number of carbonyl (C=O) groups is 1. The van der Waals surface area contributed by atoms with E-state index in [2.05, 4.69) is 0 Å². The Kier molecular flexibility index (Phi) is 5.09. The van der Waals surface area contributed by atoms with Crippen LogP contribution < -0.4 is 0 Å². The van der Waals surface area contributed by atoms with Crippen LogP contribution in [0.2, 0.25) is 0 Å². The topological polar surface area (TPSA) is 35.5 Å². The summed E-state index contributed by atoms with van der Waals surface area (Å²) in [5.74, 6) is -0.576. The first-order valence-corrected chi connectivity index (χ1v) is 4.37. The van der Waals surface area contributed by atoms with E-state index in [9.17, 15) is 4.79 Å². The van der Waals surface area contributed by atoms with Gasteiger partial charge in [0.2, 0.25) is 0 Å². The van der Waals surface area contributed by atoms with Gasteiger partial charge in [0.15, 0.2) is 5.79 Å². The van der Waals surface area contributed by atoms with Crippen molar-refractivity contribution in [1.29, 1.82) is 0 Å². The lowest BCUT2D eigenvalue weighted by atomic mass is 10.2. The number of carbonyl (C=O) groups excluding carboxylic acids is 1. The Labute approximate surface area is 74.0 Å². The molecule has 0 atom stereocenters. The quantitative estimate of drug-likeness (QED) is 0.566. The lowest BCUT2D eigenvalue weighted by Gasteiger charge is -2.32. The lowest BCUT2D eigenvalue weighted by Crippen LogP contribution is -2.39. The van der Waals surface area contributed by atoms with Crippen LogP contribution in [0.5, 0.6) is 0 Å². The average Bonchev–Trinajstić information content (AvgIpc) is 2.08. The Morgan fingerprint density at radius 3 is 2.00 bits per heavy atom.